The van der Waals surface area contributed by atoms with E-state index in [0.29, 0.717) is 16.5 Å². The monoisotopic (exact) mass is 331 g/mol. The van der Waals surface area contributed by atoms with E-state index in [-0.39, 0.29) is 17.8 Å². The Balaban J connectivity index is 1.73. The number of anilines is 1. The number of benzene rings is 1. The minimum Gasteiger partial charge on any atom is -0.403 e. The van der Waals surface area contributed by atoms with Crippen LogP contribution in [0.5, 0.6) is 0 Å². The SMILES string of the molecule is CC(C)n1ccc(C(=O)Nc2nnc(-c3ccc(Cl)cc3)o2)n1. The molecule has 8 heteroatoms. The van der Waals surface area contributed by atoms with Gasteiger partial charge in [-0.25, -0.2) is 0 Å². The maximum Gasteiger partial charge on any atom is 0.322 e. The van der Waals surface area contributed by atoms with Crippen LogP contribution in [0.3, 0.4) is 0 Å². The van der Waals surface area contributed by atoms with Crippen LogP contribution in [0.15, 0.2) is 40.9 Å². The molecule has 0 aliphatic carbocycles. The van der Waals surface area contributed by atoms with Crippen molar-refractivity contribution in [1.82, 2.24) is 20.0 Å². The average molecular weight is 332 g/mol. The number of carbonyl (C=O) groups excluding carboxylic acids is 1. The first-order valence-corrected chi connectivity index (χ1v) is 7.36. The van der Waals surface area contributed by atoms with Crippen molar-refractivity contribution in [2.24, 2.45) is 0 Å². The third-order valence-electron chi connectivity index (χ3n) is 3.11. The molecule has 1 aromatic carbocycles. The molecule has 2 heterocycles. The number of hydrogen-bond donors (Lipinski definition) is 1. The van der Waals surface area contributed by atoms with Gasteiger partial charge in [-0.3, -0.25) is 14.8 Å². The minimum absolute atomic E-state index is 0.0130. The highest BCUT2D eigenvalue weighted by Gasteiger charge is 2.15. The zero-order chi connectivity index (χ0) is 16.4. The van der Waals surface area contributed by atoms with Gasteiger partial charge in [0, 0.05) is 22.8 Å². The van der Waals surface area contributed by atoms with Gasteiger partial charge in [0.15, 0.2) is 5.69 Å². The zero-order valence-electron chi connectivity index (χ0n) is 12.5. The molecule has 0 saturated carbocycles. The smallest absolute Gasteiger partial charge is 0.322 e. The topological polar surface area (TPSA) is 85.8 Å². The van der Waals surface area contributed by atoms with Crippen molar-refractivity contribution in [3.63, 3.8) is 0 Å². The number of amides is 1. The summed E-state index contributed by atoms with van der Waals surface area (Å²) >= 11 is 5.83. The molecule has 3 aromatic rings. The maximum atomic E-state index is 12.1. The molecule has 7 nitrogen and oxygen atoms in total. The molecule has 0 saturated heterocycles. The van der Waals surface area contributed by atoms with Crippen molar-refractivity contribution >= 4 is 23.5 Å². The first-order valence-electron chi connectivity index (χ1n) is 6.99. The summed E-state index contributed by atoms with van der Waals surface area (Å²) in [5.41, 5.74) is 0.997. The Hall–Kier alpha value is -2.67. The van der Waals surface area contributed by atoms with Gasteiger partial charge in [-0.15, -0.1) is 5.10 Å². The van der Waals surface area contributed by atoms with Crippen molar-refractivity contribution in [3.8, 4) is 11.5 Å². The molecule has 0 fully saturated rings. The zero-order valence-corrected chi connectivity index (χ0v) is 13.3. The molecular weight excluding hydrogens is 318 g/mol. The lowest BCUT2D eigenvalue weighted by Crippen LogP contribution is -2.14. The molecular formula is C15H14ClN5O2. The molecule has 0 spiro atoms. The largest absolute Gasteiger partial charge is 0.403 e. The first kappa shape index (κ1) is 15.2. The Bertz CT molecular complexity index is 823. The predicted octanol–water partition coefficient (Wildman–Crippen LogP) is 3.42. The molecule has 23 heavy (non-hydrogen) atoms. The highest BCUT2D eigenvalue weighted by Crippen LogP contribution is 2.21. The lowest BCUT2D eigenvalue weighted by Gasteiger charge is -2.03. The van der Waals surface area contributed by atoms with Crippen LogP contribution in [-0.2, 0) is 0 Å². The number of nitrogens with one attached hydrogen (secondary N) is 1. The van der Waals surface area contributed by atoms with E-state index in [2.05, 4.69) is 20.6 Å². The van der Waals surface area contributed by atoms with Crippen LogP contribution in [0.2, 0.25) is 5.02 Å². The van der Waals surface area contributed by atoms with Crippen LogP contribution in [0.4, 0.5) is 6.01 Å². The lowest BCUT2D eigenvalue weighted by molar-refractivity contribution is 0.101. The second-order valence-electron chi connectivity index (χ2n) is 5.15. The summed E-state index contributed by atoms with van der Waals surface area (Å²) in [6, 6.07) is 8.77. The van der Waals surface area contributed by atoms with Crippen molar-refractivity contribution in [1.29, 1.82) is 0 Å². The molecule has 0 bridgehead atoms. The Morgan fingerprint density at radius 3 is 2.61 bits per heavy atom. The van der Waals surface area contributed by atoms with Crippen LogP contribution in [-0.4, -0.2) is 25.9 Å². The standard InChI is InChI=1S/C15H14ClN5O2/c1-9(2)21-8-7-12(20-21)13(22)17-15-19-18-14(23-15)10-3-5-11(16)6-4-10/h3-9H,1-2H3,(H,17,19,22). The van der Waals surface area contributed by atoms with Crippen molar-refractivity contribution in [2.45, 2.75) is 19.9 Å². The van der Waals surface area contributed by atoms with Gasteiger partial charge in [0.25, 0.3) is 5.91 Å². The van der Waals surface area contributed by atoms with Gasteiger partial charge in [-0.2, -0.15) is 5.10 Å². The molecule has 0 unspecified atom stereocenters. The van der Waals surface area contributed by atoms with Crippen LogP contribution in [0.25, 0.3) is 11.5 Å². The molecule has 0 atom stereocenters. The third-order valence-corrected chi connectivity index (χ3v) is 3.36. The van der Waals surface area contributed by atoms with Crippen LogP contribution < -0.4 is 5.32 Å². The van der Waals surface area contributed by atoms with Crippen molar-refractivity contribution in [3.05, 3.63) is 47.2 Å². The Kier molecular flexibility index (Phi) is 4.12. The molecule has 1 amide bonds. The summed E-state index contributed by atoms with van der Waals surface area (Å²) < 4.78 is 7.12. The quantitative estimate of drug-likeness (QED) is 0.791. The van der Waals surface area contributed by atoms with Gasteiger partial charge in [-0.1, -0.05) is 16.7 Å². The van der Waals surface area contributed by atoms with Gasteiger partial charge >= 0.3 is 6.01 Å². The Labute approximate surface area is 137 Å². The third kappa shape index (κ3) is 3.40. The normalized spacial score (nSPS) is 11.0. The van der Waals surface area contributed by atoms with E-state index in [0.717, 1.165) is 0 Å². The maximum absolute atomic E-state index is 12.1. The van der Waals surface area contributed by atoms with Gasteiger partial charge in [-0.05, 0) is 44.2 Å². The molecule has 1 N–H and O–H groups in total. The summed E-state index contributed by atoms with van der Waals surface area (Å²) in [5.74, 6) is -0.111. The van der Waals surface area contributed by atoms with Crippen LogP contribution in [0.1, 0.15) is 30.4 Å². The van der Waals surface area contributed by atoms with E-state index in [4.69, 9.17) is 16.0 Å². The fourth-order valence-electron chi connectivity index (χ4n) is 1.89. The number of nitrogens with zero attached hydrogens (tertiary/aromatic N) is 4. The molecule has 3 rings (SSSR count). The number of rotatable bonds is 4. The summed E-state index contributed by atoms with van der Waals surface area (Å²) in [5, 5.41) is 15.0. The lowest BCUT2D eigenvalue weighted by atomic mass is 10.2. The van der Waals surface area contributed by atoms with Gasteiger partial charge in [0.1, 0.15) is 0 Å². The Morgan fingerprint density at radius 1 is 1.22 bits per heavy atom. The molecule has 2 aromatic heterocycles. The highest BCUT2D eigenvalue weighted by molar-refractivity contribution is 6.30. The fraction of sp³-hybridized carbons (Fsp3) is 0.200. The number of carbonyl (C=O) groups is 1. The number of hydrogen-bond acceptors (Lipinski definition) is 5. The second kappa shape index (κ2) is 6.21. The average Bonchev–Trinajstić information content (AvgIpc) is 3.17. The van der Waals surface area contributed by atoms with Crippen LogP contribution in [0, 0.1) is 0 Å². The van der Waals surface area contributed by atoms with Crippen molar-refractivity contribution in [2.75, 3.05) is 5.32 Å². The molecule has 0 radical (unpaired) electrons. The summed E-state index contributed by atoms with van der Waals surface area (Å²) in [4.78, 5) is 12.1. The highest BCUT2D eigenvalue weighted by atomic mass is 35.5. The number of aromatic nitrogens is 4. The van der Waals surface area contributed by atoms with Gasteiger partial charge in [0.2, 0.25) is 5.89 Å². The van der Waals surface area contributed by atoms with Gasteiger partial charge in [0.05, 0.1) is 0 Å². The van der Waals surface area contributed by atoms with Crippen molar-refractivity contribution < 1.29 is 9.21 Å². The van der Waals surface area contributed by atoms with E-state index in [1.54, 1.807) is 41.2 Å². The summed E-state index contributed by atoms with van der Waals surface area (Å²) in [6.07, 6.45) is 1.74. The van der Waals surface area contributed by atoms with Gasteiger partial charge < -0.3 is 4.42 Å². The predicted molar refractivity (Wildman–Crippen MR) is 85.3 cm³/mol. The molecule has 118 valence electrons. The fourth-order valence-corrected chi connectivity index (χ4v) is 2.02. The number of halogens is 1. The van der Waals surface area contributed by atoms with E-state index >= 15 is 0 Å². The van der Waals surface area contributed by atoms with E-state index in [1.807, 2.05) is 13.8 Å². The molecule has 0 aliphatic rings. The summed E-state index contributed by atoms with van der Waals surface area (Å²) in [7, 11) is 0. The van der Waals surface area contributed by atoms with E-state index in [9.17, 15) is 4.79 Å². The Morgan fingerprint density at radius 2 is 1.96 bits per heavy atom. The van der Waals surface area contributed by atoms with E-state index < -0.39 is 5.91 Å². The molecule has 0 aliphatic heterocycles. The summed E-state index contributed by atoms with van der Waals surface area (Å²) in [6.45, 7) is 3.95. The van der Waals surface area contributed by atoms with E-state index in [1.165, 1.54) is 0 Å². The first-order chi connectivity index (χ1) is 11.0. The van der Waals surface area contributed by atoms with Crippen LogP contribution >= 0.6 is 11.6 Å². The minimum atomic E-state index is -0.407. The second-order valence-corrected chi connectivity index (χ2v) is 5.58.